The van der Waals surface area contributed by atoms with Gasteiger partial charge in [-0.1, -0.05) is 6.92 Å². The lowest BCUT2D eigenvalue weighted by Gasteiger charge is -2.05. The minimum absolute atomic E-state index is 0.0349. The first-order valence-corrected chi connectivity index (χ1v) is 5.72. The van der Waals surface area contributed by atoms with Crippen molar-refractivity contribution < 1.29 is 9.59 Å². The fraction of sp³-hybridized carbons (Fsp3) is 0.500. The second-order valence-electron chi connectivity index (χ2n) is 3.89. The van der Waals surface area contributed by atoms with E-state index in [9.17, 15) is 9.59 Å². The van der Waals surface area contributed by atoms with Crippen molar-refractivity contribution in [1.29, 1.82) is 0 Å². The van der Waals surface area contributed by atoms with Gasteiger partial charge < -0.3 is 15.2 Å². The molecule has 0 aromatic carbocycles. The highest BCUT2D eigenvalue weighted by Crippen LogP contribution is 2.07. The van der Waals surface area contributed by atoms with E-state index in [1.54, 1.807) is 23.9 Å². The van der Waals surface area contributed by atoms with Gasteiger partial charge in [0.25, 0.3) is 5.91 Å². The summed E-state index contributed by atoms with van der Waals surface area (Å²) >= 11 is 0. The Hall–Kier alpha value is -1.62. The Morgan fingerprint density at radius 3 is 2.59 bits per heavy atom. The van der Waals surface area contributed by atoms with Crippen molar-refractivity contribution in [1.82, 2.24) is 15.2 Å². The topological polar surface area (TPSA) is 63.1 Å². The van der Waals surface area contributed by atoms with Gasteiger partial charge in [-0.25, -0.2) is 0 Å². The Labute approximate surface area is 101 Å². The van der Waals surface area contributed by atoms with Gasteiger partial charge >= 0.3 is 0 Å². The zero-order valence-electron chi connectivity index (χ0n) is 10.5. The van der Waals surface area contributed by atoms with E-state index in [1.165, 1.54) is 6.92 Å². The molecule has 1 aromatic heterocycles. The van der Waals surface area contributed by atoms with E-state index in [0.717, 1.165) is 13.1 Å². The molecule has 1 rings (SSSR count). The number of ketones is 1. The summed E-state index contributed by atoms with van der Waals surface area (Å²) in [7, 11) is 1.76. The zero-order chi connectivity index (χ0) is 12.8. The van der Waals surface area contributed by atoms with Crippen molar-refractivity contribution in [3.63, 3.8) is 0 Å². The highest BCUT2D eigenvalue weighted by Gasteiger charge is 2.12. The van der Waals surface area contributed by atoms with Crippen LogP contribution in [0.25, 0.3) is 0 Å². The number of hydrogen-bond donors (Lipinski definition) is 2. The predicted molar refractivity (Wildman–Crippen MR) is 66.3 cm³/mol. The van der Waals surface area contributed by atoms with Crippen LogP contribution < -0.4 is 10.6 Å². The minimum atomic E-state index is -0.155. The number of amides is 1. The third-order valence-corrected chi connectivity index (χ3v) is 2.48. The summed E-state index contributed by atoms with van der Waals surface area (Å²) in [5.74, 6) is -0.190. The molecule has 94 valence electrons. The first-order chi connectivity index (χ1) is 8.06. The molecule has 0 fully saturated rings. The standard InChI is InChI=1S/C12H19N3O2/c1-4-13-5-6-14-12(17)11-7-10(9(2)16)8-15(11)3/h7-8,13H,4-6H2,1-3H3,(H,14,17). The van der Waals surface area contributed by atoms with Gasteiger partial charge in [0.1, 0.15) is 5.69 Å². The van der Waals surface area contributed by atoms with E-state index in [-0.39, 0.29) is 11.7 Å². The number of aryl methyl sites for hydroxylation is 1. The summed E-state index contributed by atoms with van der Waals surface area (Å²) in [4.78, 5) is 23.0. The van der Waals surface area contributed by atoms with Crippen LogP contribution >= 0.6 is 0 Å². The number of carbonyl (C=O) groups is 2. The number of Topliss-reactive ketones (excluding diaryl/α,β-unsaturated/α-hetero) is 1. The number of carbonyl (C=O) groups excluding carboxylic acids is 2. The minimum Gasteiger partial charge on any atom is -0.349 e. The molecule has 0 aliphatic carbocycles. The number of likely N-dealkylation sites (N-methyl/N-ethyl adjacent to an activating group) is 1. The maximum Gasteiger partial charge on any atom is 0.267 e. The quantitative estimate of drug-likeness (QED) is 0.561. The van der Waals surface area contributed by atoms with E-state index in [1.807, 2.05) is 6.92 Å². The highest BCUT2D eigenvalue weighted by atomic mass is 16.2. The summed E-state index contributed by atoms with van der Waals surface area (Å²) in [6, 6.07) is 1.62. The first-order valence-electron chi connectivity index (χ1n) is 5.72. The van der Waals surface area contributed by atoms with Gasteiger partial charge in [-0.15, -0.1) is 0 Å². The Morgan fingerprint density at radius 1 is 1.35 bits per heavy atom. The lowest BCUT2D eigenvalue weighted by Crippen LogP contribution is -2.32. The lowest BCUT2D eigenvalue weighted by molar-refractivity contribution is 0.0945. The molecular formula is C12H19N3O2. The molecule has 17 heavy (non-hydrogen) atoms. The number of rotatable bonds is 6. The lowest BCUT2D eigenvalue weighted by atomic mass is 10.2. The second-order valence-corrected chi connectivity index (χ2v) is 3.89. The molecule has 5 nitrogen and oxygen atoms in total. The van der Waals surface area contributed by atoms with Gasteiger partial charge in [0.2, 0.25) is 0 Å². The van der Waals surface area contributed by atoms with Gasteiger partial charge in [0, 0.05) is 31.9 Å². The summed E-state index contributed by atoms with van der Waals surface area (Å²) in [5.41, 5.74) is 1.07. The molecule has 1 aromatic rings. The predicted octanol–water partition coefficient (Wildman–Crippen LogP) is 0.567. The van der Waals surface area contributed by atoms with Crippen molar-refractivity contribution in [2.24, 2.45) is 7.05 Å². The van der Waals surface area contributed by atoms with Crippen molar-refractivity contribution in [3.05, 3.63) is 23.5 Å². The van der Waals surface area contributed by atoms with Gasteiger partial charge in [-0.2, -0.15) is 0 Å². The summed E-state index contributed by atoms with van der Waals surface area (Å²) in [6.07, 6.45) is 1.67. The SMILES string of the molecule is CCNCCNC(=O)c1cc(C(C)=O)cn1C. The van der Waals surface area contributed by atoms with Crippen LogP contribution in [0.5, 0.6) is 0 Å². The number of hydrogen-bond acceptors (Lipinski definition) is 3. The van der Waals surface area contributed by atoms with Gasteiger partial charge in [-0.3, -0.25) is 9.59 Å². The van der Waals surface area contributed by atoms with Gasteiger partial charge in [0.05, 0.1) is 0 Å². The van der Waals surface area contributed by atoms with E-state index in [2.05, 4.69) is 10.6 Å². The average Bonchev–Trinajstić information content (AvgIpc) is 2.67. The summed E-state index contributed by atoms with van der Waals surface area (Å²) < 4.78 is 1.67. The molecule has 0 atom stereocenters. The normalized spacial score (nSPS) is 10.3. The Bertz CT molecular complexity index is 410. The Kier molecular flexibility index (Phi) is 4.90. The highest BCUT2D eigenvalue weighted by molar-refractivity contribution is 5.99. The van der Waals surface area contributed by atoms with Crippen molar-refractivity contribution in [2.75, 3.05) is 19.6 Å². The molecule has 0 spiro atoms. The van der Waals surface area contributed by atoms with Crippen LogP contribution in [-0.2, 0) is 7.05 Å². The maximum atomic E-state index is 11.8. The van der Waals surface area contributed by atoms with Gasteiger partial charge in [-0.05, 0) is 19.5 Å². The van der Waals surface area contributed by atoms with Crippen LogP contribution in [0.3, 0.4) is 0 Å². The number of nitrogens with zero attached hydrogens (tertiary/aromatic N) is 1. The zero-order valence-corrected chi connectivity index (χ0v) is 10.5. The van der Waals surface area contributed by atoms with Crippen molar-refractivity contribution >= 4 is 11.7 Å². The number of nitrogens with one attached hydrogen (secondary N) is 2. The third kappa shape index (κ3) is 3.71. The number of aromatic nitrogens is 1. The molecule has 0 aliphatic heterocycles. The Balaban J connectivity index is 2.59. The molecule has 1 heterocycles. The molecular weight excluding hydrogens is 218 g/mol. The molecule has 0 bridgehead atoms. The van der Waals surface area contributed by atoms with Crippen LogP contribution in [0, 0.1) is 0 Å². The smallest absolute Gasteiger partial charge is 0.267 e. The van der Waals surface area contributed by atoms with Crippen LogP contribution in [0.4, 0.5) is 0 Å². The third-order valence-electron chi connectivity index (χ3n) is 2.48. The summed E-state index contributed by atoms with van der Waals surface area (Å²) in [5, 5.41) is 5.91. The molecule has 5 heteroatoms. The summed E-state index contributed by atoms with van der Waals surface area (Å²) in [6.45, 7) is 5.70. The fourth-order valence-corrected chi connectivity index (χ4v) is 1.51. The molecule has 0 radical (unpaired) electrons. The maximum absolute atomic E-state index is 11.8. The Morgan fingerprint density at radius 2 is 2.06 bits per heavy atom. The molecule has 1 amide bonds. The van der Waals surface area contributed by atoms with Crippen LogP contribution in [0.15, 0.2) is 12.3 Å². The fourth-order valence-electron chi connectivity index (χ4n) is 1.51. The van der Waals surface area contributed by atoms with E-state index >= 15 is 0 Å². The molecule has 2 N–H and O–H groups in total. The van der Waals surface area contributed by atoms with E-state index in [4.69, 9.17) is 0 Å². The second kappa shape index (κ2) is 6.20. The molecule has 0 saturated heterocycles. The van der Waals surface area contributed by atoms with E-state index < -0.39 is 0 Å². The molecule has 0 unspecified atom stereocenters. The average molecular weight is 237 g/mol. The van der Waals surface area contributed by atoms with Crippen LogP contribution in [0.1, 0.15) is 34.7 Å². The first kappa shape index (κ1) is 13.4. The van der Waals surface area contributed by atoms with Crippen molar-refractivity contribution in [2.45, 2.75) is 13.8 Å². The van der Waals surface area contributed by atoms with Crippen LogP contribution in [-0.4, -0.2) is 35.9 Å². The molecule has 0 saturated carbocycles. The van der Waals surface area contributed by atoms with E-state index in [0.29, 0.717) is 17.8 Å². The van der Waals surface area contributed by atoms with Crippen molar-refractivity contribution in [3.8, 4) is 0 Å². The monoisotopic (exact) mass is 237 g/mol. The largest absolute Gasteiger partial charge is 0.349 e. The van der Waals surface area contributed by atoms with Gasteiger partial charge in [0.15, 0.2) is 5.78 Å². The van der Waals surface area contributed by atoms with Crippen LogP contribution in [0.2, 0.25) is 0 Å². The molecule has 0 aliphatic rings.